The van der Waals surface area contributed by atoms with Crippen LogP contribution in [0.15, 0.2) is 27.4 Å². The van der Waals surface area contributed by atoms with Crippen molar-refractivity contribution in [2.75, 3.05) is 0 Å². The second-order valence-electron chi connectivity index (χ2n) is 3.39. The summed E-state index contributed by atoms with van der Waals surface area (Å²) < 4.78 is 31.1. The zero-order valence-electron chi connectivity index (χ0n) is 8.28. The molecule has 0 radical (unpaired) electrons. The van der Waals surface area contributed by atoms with Crippen LogP contribution < -0.4 is 5.76 Å². The van der Waals surface area contributed by atoms with Gasteiger partial charge in [0.1, 0.15) is 4.83 Å². The maximum Gasteiger partial charge on any atom is 0.419 e. The van der Waals surface area contributed by atoms with E-state index in [-0.39, 0.29) is 0 Å². The number of hydrogen-bond acceptors (Lipinski definition) is 2. The van der Waals surface area contributed by atoms with Crippen molar-refractivity contribution in [3.05, 3.63) is 34.3 Å². The lowest BCUT2D eigenvalue weighted by Gasteiger charge is -2.08. The smallest absolute Gasteiger partial charge is 0.408 e. The Hall–Kier alpha value is -1.17. The van der Waals surface area contributed by atoms with Crippen molar-refractivity contribution in [2.45, 2.75) is 11.3 Å². The van der Waals surface area contributed by atoms with E-state index in [1.807, 2.05) is 0 Å². The molecule has 0 aliphatic heterocycles. The Bertz CT molecular complexity index is 576. The molecule has 0 spiro atoms. The molecule has 6 heteroatoms. The molecule has 2 rings (SSSR count). The van der Waals surface area contributed by atoms with E-state index in [2.05, 4.69) is 15.9 Å². The molecule has 0 amide bonds. The highest BCUT2D eigenvalue weighted by Gasteiger charge is 2.20. The van der Waals surface area contributed by atoms with Crippen molar-refractivity contribution in [3.8, 4) is 0 Å². The Kier molecular flexibility index (Phi) is 2.84. The minimum Gasteiger partial charge on any atom is -0.408 e. The number of fused-ring (bicyclic) bond motifs is 1. The molecular formula is C10H8BrF2NO2. The molecule has 0 N–H and O–H groups in total. The molecule has 86 valence electrons. The maximum absolute atomic E-state index is 12.5. The molecule has 1 heterocycles. The van der Waals surface area contributed by atoms with Crippen LogP contribution in [0.5, 0.6) is 0 Å². The van der Waals surface area contributed by atoms with Crippen LogP contribution in [0.1, 0.15) is 10.4 Å². The molecular weight excluding hydrogens is 284 g/mol. The number of hydrogen-bond donors (Lipinski definition) is 0. The van der Waals surface area contributed by atoms with Crippen LogP contribution in [0.2, 0.25) is 0 Å². The number of nitrogens with zero attached hydrogens (tertiary/aromatic N) is 1. The topological polar surface area (TPSA) is 35.1 Å². The fraction of sp³-hybridized carbons (Fsp3) is 0.300. The van der Waals surface area contributed by atoms with Gasteiger partial charge >= 0.3 is 5.76 Å². The van der Waals surface area contributed by atoms with Gasteiger partial charge in [-0.05, 0) is 17.7 Å². The number of alkyl halides is 3. The third kappa shape index (κ3) is 1.77. The molecule has 0 saturated carbocycles. The summed E-state index contributed by atoms with van der Waals surface area (Å²) in [5.74, 6) is -0.504. The van der Waals surface area contributed by atoms with Gasteiger partial charge in [-0.2, -0.15) is 0 Å². The van der Waals surface area contributed by atoms with Gasteiger partial charge < -0.3 is 4.42 Å². The normalized spacial score (nSPS) is 13.6. The van der Waals surface area contributed by atoms with Crippen LogP contribution in [0, 0.1) is 0 Å². The first kappa shape index (κ1) is 11.3. The van der Waals surface area contributed by atoms with Crippen LogP contribution in [0.4, 0.5) is 8.78 Å². The second kappa shape index (κ2) is 4.01. The van der Waals surface area contributed by atoms with Gasteiger partial charge in [0, 0.05) is 7.05 Å². The molecule has 0 bridgehead atoms. The fourth-order valence-corrected chi connectivity index (χ4v) is 1.75. The minimum absolute atomic E-state index is 0.315. The van der Waals surface area contributed by atoms with E-state index >= 15 is 0 Å². The number of benzene rings is 1. The molecule has 16 heavy (non-hydrogen) atoms. The number of aryl methyl sites for hydroxylation is 1. The number of rotatable bonds is 2. The third-order valence-electron chi connectivity index (χ3n) is 2.36. The summed E-state index contributed by atoms with van der Waals surface area (Å²) in [7, 11) is 1.56. The minimum atomic E-state index is -2.51. The van der Waals surface area contributed by atoms with Gasteiger partial charge in [-0.25, -0.2) is 13.6 Å². The van der Waals surface area contributed by atoms with Crippen LogP contribution >= 0.6 is 15.9 Å². The third-order valence-corrected chi connectivity index (χ3v) is 3.28. The van der Waals surface area contributed by atoms with Gasteiger partial charge in [-0.1, -0.05) is 22.0 Å². The monoisotopic (exact) mass is 291 g/mol. The zero-order chi connectivity index (χ0) is 11.9. The van der Waals surface area contributed by atoms with Gasteiger partial charge in [-0.3, -0.25) is 4.57 Å². The van der Waals surface area contributed by atoms with Crippen LogP contribution in [-0.2, 0) is 7.05 Å². The number of halogens is 3. The summed E-state index contributed by atoms with van der Waals surface area (Å²) in [6, 6.07) is 4.58. The Balaban J connectivity index is 2.57. The number of oxazole rings is 1. The SMILES string of the molecule is Cn1c(=O)oc2cc(C(Br)C(F)F)ccc21. The van der Waals surface area contributed by atoms with Crippen molar-refractivity contribution < 1.29 is 13.2 Å². The lowest BCUT2D eigenvalue weighted by atomic mass is 10.1. The summed E-state index contributed by atoms with van der Waals surface area (Å²) in [4.78, 5) is 10.1. The van der Waals surface area contributed by atoms with Crippen LogP contribution in [0.3, 0.4) is 0 Å². The highest BCUT2D eigenvalue weighted by atomic mass is 79.9. The van der Waals surface area contributed by atoms with Gasteiger partial charge in [0.15, 0.2) is 5.58 Å². The standard InChI is InChI=1S/C10H8BrF2NO2/c1-14-6-3-2-5(8(11)9(12)13)4-7(6)16-10(14)15/h2-4,8-9H,1H3. The van der Waals surface area contributed by atoms with Crippen molar-refractivity contribution in [2.24, 2.45) is 7.05 Å². The van der Waals surface area contributed by atoms with E-state index in [1.54, 1.807) is 19.2 Å². The molecule has 1 unspecified atom stereocenters. The van der Waals surface area contributed by atoms with E-state index in [0.29, 0.717) is 16.7 Å². The van der Waals surface area contributed by atoms with E-state index in [9.17, 15) is 13.6 Å². The summed E-state index contributed by atoms with van der Waals surface area (Å²) >= 11 is 2.88. The first-order chi connectivity index (χ1) is 7.50. The van der Waals surface area contributed by atoms with Gasteiger partial charge in [-0.15, -0.1) is 0 Å². The highest BCUT2D eigenvalue weighted by molar-refractivity contribution is 9.09. The lowest BCUT2D eigenvalue weighted by Crippen LogP contribution is -2.08. The fourth-order valence-electron chi connectivity index (χ4n) is 1.47. The molecule has 0 aliphatic rings. The molecule has 1 aromatic carbocycles. The zero-order valence-corrected chi connectivity index (χ0v) is 9.87. The largest absolute Gasteiger partial charge is 0.419 e. The van der Waals surface area contributed by atoms with Crippen LogP contribution in [0.25, 0.3) is 11.1 Å². The van der Waals surface area contributed by atoms with E-state index in [0.717, 1.165) is 0 Å². The van der Waals surface area contributed by atoms with Crippen LogP contribution in [-0.4, -0.2) is 11.0 Å². The first-order valence-corrected chi connectivity index (χ1v) is 5.44. The Labute approximate surface area is 97.8 Å². The van der Waals surface area contributed by atoms with E-state index < -0.39 is 17.0 Å². The molecule has 0 saturated heterocycles. The predicted octanol–water partition coefficient (Wildman–Crippen LogP) is 2.83. The van der Waals surface area contributed by atoms with Gasteiger partial charge in [0.05, 0.1) is 5.52 Å². The Morgan fingerprint density at radius 3 is 2.75 bits per heavy atom. The van der Waals surface area contributed by atoms with E-state index in [1.165, 1.54) is 10.6 Å². The highest BCUT2D eigenvalue weighted by Crippen LogP contribution is 2.31. The number of aromatic nitrogens is 1. The van der Waals surface area contributed by atoms with Crippen molar-refractivity contribution in [1.29, 1.82) is 0 Å². The van der Waals surface area contributed by atoms with Gasteiger partial charge in [0.2, 0.25) is 0 Å². The first-order valence-electron chi connectivity index (χ1n) is 4.52. The molecule has 0 fully saturated rings. The quantitative estimate of drug-likeness (QED) is 0.798. The molecule has 1 aromatic heterocycles. The van der Waals surface area contributed by atoms with Gasteiger partial charge in [0.25, 0.3) is 6.43 Å². The predicted molar refractivity (Wildman–Crippen MR) is 59.1 cm³/mol. The van der Waals surface area contributed by atoms with E-state index in [4.69, 9.17) is 4.42 Å². The Morgan fingerprint density at radius 2 is 2.12 bits per heavy atom. The summed E-state index contributed by atoms with van der Waals surface area (Å²) in [6.07, 6.45) is -2.51. The Morgan fingerprint density at radius 1 is 1.44 bits per heavy atom. The molecule has 2 aromatic rings. The molecule has 3 nitrogen and oxygen atoms in total. The summed E-state index contributed by atoms with van der Waals surface area (Å²) in [6.45, 7) is 0. The van der Waals surface area contributed by atoms with Crippen molar-refractivity contribution >= 4 is 27.0 Å². The molecule has 1 atom stereocenters. The molecule has 0 aliphatic carbocycles. The maximum atomic E-state index is 12.5. The summed E-state index contributed by atoms with van der Waals surface area (Å²) in [5, 5.41) is 0. The van der Waals surface area contributed by atoms with Crippen molar-refractivity contribution in [1.82, 2.24) is 4.57 Å². The lowest BCUT2D eigenvalue weighted by molar-refractivity contribution is 0.147. The average Bonchev–Trinajstić information content (AvgIpc) is 2.53. The second-order valence-corrected chi connectivity index (χ2v) is 4.38. The average molecular weight is 292 g/mol. The summed E-state index contributed by atoms with van der Waals surface area (Å²) in [5.41, 5.74) is 1.29. The van der Waals surface area contributed by atoms with Crippen molar-refractivity contribution in [3.63, 3.8) is 0 Å².